The number of carbonyl (C=O) groups excluding carboxylic acids is 2. The Kier molecular flexibility index (Phi) is 6.35. The molecule has 0 spiro atoms. The third kappa shape index (κ3) is 4.36. The highest BCUT2D eigenvalue weighted by Gasteiger charge is 2.22. The molecule has 0 N–H and O–H groups in total. The minimum atomic E-state index is 0.0909. The number of aromatic nitrogens is 1. The molecule has 0 aliphatic carbocycles. The fourth-order valence-corrected chi connectivity index (χ4v) is 4.01. The van der Waals surface area contributed by atoms with Gasteiger partial charge in [-0.15, -0.1) is 0 Å². The second-order valence-electron chi connectivity index (χ2n) is 7.73. The van der Waals surface area contributed by atoms with Crippen molar-refractivity contribution in [2.75, 3.05) is 37.6 Å². The summed E-state index contributed by atoms with van der Waals surface area (Å²) in [7, 11) is 0. The Morgan fingerprint density at radius 3 is 2.21 bits per heavy atom. The summed E-state index contributed by atoms with van der Waals surface area (Å²) >= 11 is 0. The van der Waals surface area contributed by atoms with Crippen molar-refractivity contribution in [1.29, 1.82) is 0 Å². The fraction of sp³-hybridized carbons (Fsp3) is 0.478. The predicted molar refractivity (Wildman–Crippen MR) is 114 cm³/mol. The molecule has 0 atom stereocenters. The Hall–Kier alpha value is -2.40. The predicted octanol–water partition coefficient (Wildman–Crippen LogP) is 3.72. The van der Waals surface area contributed by atoms with Crippen molar-refractivity contribution < 1.29 is 9.59 Å². The van der Waals surface area contributed by atoms with Crippen molar-refractivity contribution in [1.82, 2.24) is 9.47 Å². The van der Waals surface area contributed by atoms with E-state index in [4.69, 9.17) is 0 Å². The monoisotopic (exact) mass is 381 g/mol. The molecule has 0 unspecified atom stereocenters. The van der Waals surface area contributed by atoms with E-state index in [-0.39, 0.29) is 11.6 Å². The zero-order chi connectivity index (χ0) is 20.3. The van der Waals surface area contributed by atoms with E-state index < -0.39 is 0 Å². The molecule has 0 saturated carbocycles. The van der Waals surface area contributed by atoms with Crippen LogP contribution < -0.4 is 4.90 Å². The number of Topliss-reactive ketones (excluding diaryl/α,β-unsaturated/α-hetero) is 2. The SMILES string of the molecule is CCCn1c(C)cc(C(=O)CN2CCN(c3ccc(C(C)=O)cc3)CC2)c1C. The lowest BCUT2D eigenvalue weighted by molar-refractivity contribution is 0.0925. The fourth-order valence-electron chi connectivity index (χ4n) is 4.01. The quantitative estimate of drug-likeness (QED) is 0.686. The molecule has 1 aromatic carbocycles. The van der Waals surface area contributed by atoms with Gasteiger partial charge in [0.05, 0.1) is 6.54 Å². The number of aryl methyl sites for hydroxylation is 1. The van der Waals surface area contributed by atoms with E-state index in [9.17, 15) is 9.59 Å². The second kappa shape index (κ2) is 8.74. The first-order valence-corrected chi connectivity index (χ1v) is 10.2. The number of carbonyl (C=O) groups is 2. The molecule has 2 heterocycles. The molecule has 1 fully saturated rings. The smallest absolute Gasteiger partial charge is 0.178 e. The van der Waals surface area contributed by atoms with Crippen LogP contribution in [-0.2, 0) is 6.54 Å². The van der Waals surface area contributed by atoms with Crippen molar-refractivity contribution in [3.63, 3.8) is 0 Å². The van der Waals surface area contributed by atoms with Crippen LogP contribution in [0, 0.1) is 13.8 Å². The van der Waals surface area contributed by atoms with E-state index in [1.165, 1.54) is 5.69 Å². The third-order valence-electron chi connectivity index (χ3n) is 5.70. The molecular weight excluding hydrogens is 350 g/mol. The van der Waals surface area contributed by atoms with Crippen LogP contribution in [0.25, 0.3) is 0 Å². The molecular formula is C23H31N3O2. The van der Waals surface area contributed by atoms with Gasteiger partial charge in [-0.2, -0.15) is 0 Å². The van der Waals surface area contributed by atoms with Crippen LogP contribution in [0.15, 0.2) is 30.3 Å². The van der Waals surface area contributed by atoms with Gasteiger partial charge in [0, 0.05) is 60.9 Å². The number of nitrogens with zero attached hydrogens (tertiary/aromatic N) is 3. The number of ketones is 2. The lowest BCUT2D eigenvalue weighted by atomic mass is 10.1. The van der Waals surface area contributed by atoms with Crippen LogP contribution in [0.2, 0.25) is 0 Å². The van der Waals surface area contributed by atoms with Gasteiger partial charge in [0.1, 0.15) is 0 Å². The first-order valence-electron chi connectivity index (χ1n) is 10.2. The van der Waals surface area contributed by atoms with E-state index in [1.54, 1.807) is 6.92 Å². The summed E-state index contributed by atoms with van der Waals surface area (Å²) in [5.41, 5.74) is 5.01. The highest BCUT2D eigenvalue weighted by Crippen LogP contribution is 2.19. The highest BCUT2D eigenvalue weighted by molar-refractivity contribution is 5.99. The maximum absolute atomic E-state index is 12.9. The van der Waals surface area contributed by atoms with Gasteiger partial charge in [-0.25, -0.2) is 0 Å². The molecule has 150 valence electrons. The summed E-state index contributed by atoms with van der Waals surface area (Å²) in [4.78, 5) is 28.8. The first-order chi connectivity index (χ1) is 13.4. The molecule has 5 heteroatoms. The first kappa shape index (κ1) is 20.3. The molecule has 28 heavy (non-hydrogen) atoms. The molecule has 2 aromatic rings. The Morgan fingerprint density at radius 1 is 1.00 bits per heavy atom. The topological polar surface area (TPSA) is 45.6 Å². The zero-order valence-electron chi connectivity index (χ0n) is 17.5. The van der Waals surface area contributed by atoms with Crippen molar-refractivity contribution in [3.8, 4) is 0 Å². The van der Waals surface area contributed by atoms with Gasteiger partial charge >= 0.3 is 0 Å². The third-order valence-corrected chi connectivity index (χ3v) is 5.70. The van der Waals surface area contributed by atoms with Crippen LogP contribution in [-0.4, -0.2) is 53.8 Å². The van der Waals surface area contributed by atoms with Gasteiger partial charge < -0.3 is 9.47 Å². The number of rotatable bonds is 7. The highest BCUT2D eigenvalue weighted by atomic mass is 16.1. The number of anilines is 1. The van der Waals surface area contributed by atoms with Crippen LogP contribution in [0.4, 0.5) is 5.69 Å². The Bertz CT molecular complexity index is 843. The van der Waals surface area contributed by atoms with E-state index in [0.29, 0.717) is 6.54 Å². The van der Waals surface area contributed by atoms with Gasteiger partial charge in [-0.3, -0.25) is 14.5 Å². The maximum Gasteiger partial charge on any atom is 0.178 e. The number of benzene rings is 1. The number of piperazine rings is 1. The number of hydrogen-bond donors (Lipinski definition) is 0. The summed E-state index contributed by atoms with van der Waals surface area (Å²) in [6, 6.07) is 9.85. The Balaban J connectivity index is 1.57. The minimum absolute atomic E-state index is 0.0909. The van der Waals surface area contributed by atoms with Crippen LogP contribution in [0.3, 0.4) is 0 Å². The van der Waals surface area contributed by atoms with Gasteiger partial charge in [-0.1, -0.05) is 6.92 Å². The van der Waals surface area contributed by atoms with Gasteiger partial charge in [0.15, 0.2) is 11.6 Å². The second-order valence-corrected chi connectivity index (χ2v) is 7.73. The van der Waals surface area contributed by atoms with Gasteiger partial charge in [-0.05, 0) is 57.5 Å². The average Bonchev–Trinajstić information content (AvgIpc) is 2.97. The van der Waals surface area contributed by atoms with Crippen molar-refractivity contribution >= 4 is 17.3 Å². The lowest BCUT2D eigenvalue weighted by Crippen LogP contribution is -2.48. The Morgan fingerprint density at radius 2 is 1.64 bits per heavy atom. The molecule has 5 nitrogen and oxygen atoms in total. The van der Waals surface area contributed by atoms with E-state index >= 15 is 0 Å². The summed E-state index contributed by atoms with van der Waals surface area (Å²) in [5, 5.41) is 0. The minimum Gasteiger partial charge on any atom is -0.369 e. The molecule has 1 aliphatic rings. The van der Waals surface area contributed by atoms with Crippen molar-refractivity contribution in [2.24, 2.45) is 0 Å². The molecule has 0 amide bonds. The largest absolute Gasteiger partial charge is 0.369 e. The Labute approximate surface area is 167 Å². The normalized spacial score (nSPS) is 15.1. The van der Waals surface area contributed by atoms with Crippen LogP contribution >= 0.6 is 0 Å². The summed E-state index contributed by atoms with van der Waals surface area (Å²) < 4.78 is 2.25. The molecule has 1 aliphatic heterocycles. The van der Waals surface area contributed by atoms with Crippen molar-refractivity contribution in [2.45, 2.75) is 40.7 Å². The summed E-state index contributed by atoms with van der Waals surface area (Å²) in [6.07, 6.45) is 1.07. The molecule has 0 radical (unpaired) electrons. The van der Waals surface area contributed by atoms with E-state index in [0.717, 1.165) is 61.7 Å². The summed E-state index contributed by atoms with van der Waals surface area (Å²) in [5.74, 6) is 0.308. The zero-order valence-corrected chi connectivity index (χ0v) is 17.5. The molecule has 0 bridgehead atoms. The average molecular weight is 382 g/mol. The molecule has 1 aromatic heterocycles. The van der Waals surface area contributed by atoms with Gasteiger partial charge in [0.2, 0.25) is 0 Å². The van der Waals surface area contributed by atoms with Crippen LogP contribution in [0.5, 0.6) is 0 Å². The lowest BCUT2D eigenvalue weighted by Gasteiger charge is -2.35. The molecule has 3 rings (SSSR count). The maximum atomic E-state index is 12.9. The van der Waals surface area contributed by atoms with Crippen LogP contribution in [0.1, 0.15) is 52.4 Å². The van der Waals surface area contributed by atoms with Gasteiger partial charge in [0.25, 0.3) is 0 Å². The summed E-state index contributed by atoms with van der Waals surface area (Å²) in [6.45, 7) is 12.8. The van der Waals surface area contributed by atoms with E-state index in [1.807, 2.05) is 30.3 Å². The molecule has 1 saturated heterocycles. The number of hydrogen-bond acceptors (Lipinski definition) is 4. The standard InChI is InChI=1S/C23H31N3O2/c1-5-10-26-17(2)15-22(18(26)3)23(28)16-24-11-13-25(14-12-24)21-8-6-20(7-9-21)19(4)27/h6-9,15H,5,10-14,16H2,1-4H3. The van der Waals surface area contributed by atoms with Crippen molar-refractivity contribution in [3.05, 3.63) is 52.8 Å². The van der Waals surface area contributed by atoms with E-state index in [2.05, 4.69) is 35.1 Å².